The third-order valence-electron chi connectivity index (χ3n) is 3.49. The van der Waals surface area contributed by atoms with Gasteiger partial charge in [0.05, 0.1) is 18.8 Å². The van der Waals surface area contributed by atoms with Gasteiger partial charge in [-0.3, -0.25) is 4.79 Å². The lowest BCUT2D eigenvalue weighted by atomic mass is 10.1. The number of aromatic nitrogens is 1. The molecule has 2 atom stereocenters. The first-order chi connectivity index (χ1) is 10.2. The van der Waals surface area contributed by atoms with Crippen LogP contribution in [-0.2, 0) is 4.74 Å². The zero-order valence-corrected chi connectivity index (χ0v) is 12.4. The molecular formula is C16H20N2O3. The molecule has 5 heteroatoms. The second-order valence-corrected chi connectivity index (χ2v) is 5.06. The summed E-state index contributed by atoms with van der Waals surface area (Å²) in [5.74, 6) is 5.24. The van der Waals surface area contributed by atoms with Gasteiger partial charge in [-0.15, -0.1) is 0 Å². The molecule has 1 N–H and O–H groups in total. The Morgan fingerprint density at radius 3 is 3.00 bits per heavy atom. The van der Waals surface area contributed by atoms with Gasteiger partial charge in [-0.2, -0.15) is 0 Å². The summed E-state index contributed by atoms with van der Waals surface area (Å²) in [6, 6.07) is 3.52. The number of hydrogen-bond donors (Lipinski definition) is 1. The maximum atomic E-state index is 12.6. The van der Waals surface area contributed by atoms with Crippen molar-refractivity contribution in [2.45, 2.75) is 32.4 Å². The van der Waals surface area contributed by atoms with Crippen LogP contribution in [0.3, 0.4) is 0 Å². The molecule has 1 aliphatic rings. The SMILES string of the molecule is CCC1COC(C)CN1C(=O)c1ccc(C#CCO)cn1. The predicted molar refractivity (Wildman–Crippen MR) is 78.7 cm³/mol. The van der Waals surface area contributed by atoms with Gasteiger partial charge in [0.15, 0.2) is 0 Å². The molecule has 0 aliphatic carbocycles. The molecule has 2 unspecified atom stereocenters. The number of aliphatic hydroxyl groups is 1. The van der Waals surface area contributed by atoms with E-state index in [4.69, 9.17) is 9.84 Å². The van der Waals surface area contributed by atoms with Gasteiger partial charge in [0.2, 0.25) is 0 Å². The Morgan fingerprint density at radius 2 is 2.38 bits per heavy atom. The van der Waals surface area contributed by atoms with E-state index in [2.05, 4.69) is 16.8 Å². The first-order valence-electron chi connectivity index (χ1n) is 7.14. The molecule has 0 spiro atoms. The molecule has 2 rings (SSSR count). The van der Waals surface area contributed by atoms with Crippen LogP contribution in [0.1, 0.15) is 36.3 Å². The minimum Gasteiger partial charge on any atom is -0.384 e. The Balaban J connectivity index is 2.14. The molecule has 0 aromatic carbocycles. The molecule has 1 aromatic rings. The highest BCUT2D eigenvalue weighted by molar-refractivity contribution is 5.92. The molecule has 1 fully saturated rings. The quantitative estimate of drug-likeness (QED) is 0.827. The Kier molecular flexibility index (Phi) is 5.32. The van der Waals surface area contributed by atoms with Gasteiger partial charge in [0.1, 0.15) is 12.3 Å². The molecule has 21 heavy (non-hydrogen) atoms. The van der Waals surface area contributed by atoms with Gasteiger partial charge in [-0.25, -0.2) is 4.98 Å². The highest BCUT2D eigenvalue weighted by atomic mass is 16.5. The summed E-state index contributed by atoms with van der Waals surface area (Å²) < 4.78 is 5.60. The van der Waals surface area contributed by atoms with E-state index < -0.39 is 0 Å². The molecule has 1 aromatic heterocycles. The number of carbonyl (C=O) groups excluding carboxylic acids is 1. The van der Waals surface area contributed by atoms with Gasteiger partial charge >= 0.3 is 0 Å². The molecule has 0 bridgehead atoms. The highest BCUT2D eigenvalue weighted by Crippen LogP contribution is 2.17. The van der Waals surface area contributed by atoms with Crippen LogP contribution in [0, 0.1) is 11.8 Å². The van der Waals surface area contributed by atoms with Crippen LogP contribution in [0.15, 0.2) is 18.3 Å². The highest BCUT2D eigenvalue weighted by Gasteiger charge is 2.30. The van der Waals surface area contributed by atoms with Gasteiger partial charge in [0, 0.05) is 18.3 Å². The lowest BCUT2D eigenvalue weighted by molar-refractivity contribution is -0.0445. The fourth-order valence-corrected chi connectivity index (χ4v) is 2.31. The fourth-order valence-electron chi connectivity index (χ4n) is 2.31. The molecule has 0 radical (unpaired) electrons. The lowest BCUT2D eigenvalue weighted by Crippen LogP contribution is -2.51. The molecule has 1 amide bonds. The molecule has 0 saturated carbocycles. The topological polar surface area (TPSA) is 62.7 Å². The number of amides is 1. The van der Waals surface area contributed by atoms with Crippen molar-refractivity contribution in [3.8, 4) is 11.8 Å². The maximum Gasteiger partial charge on any atom is 0.272 e. The van der Waals surface area contributed by atoms with Crippen molar-refractivity contribution in [1.29, 1.82) is 0 Å². The summed E-state index contributed by atoms with van der Waals surface area (Å²) in [5.41, 5.74) is 1.10. The number of rotatable bonds is 2. The first-order valence-corrected chi connectivity index (χ1v) is 7.14. The number of carbonyl (C=O) groups is 1. The Morgan fingerprint density at radius 1 is 1.57 bits per heavy atom. The van der Waals surface area contributed by atoms with Crippen LogP contribution in [0.4, 0.5) is 0 Å². The number of nitrogens with zero attached hydrogens (tertiary/aromatic N) is 2. The van der Waals surface area contributed by atoms with E-state index in [0.717, 1.165) is 6.42 Å². The lowest BCUT2D eigenvalue weighted by Gasteiger charge is -2.38. The Hall–Kier alpha value is -1.90. The third kappa shape index (κ3) is 3.81. The normalized spacial score (nSPS) is 21.6. The average Bonchev–Trinajstić information content (AvgIpc) is 2.52. The first kappa shape index (κ1) is 15.5. The van der Waals surface area contributed by atoms with Crippen LogP contribution in [0.2, 0.25) is 0 Å². The van der Waals surface area contributed by atoms with Crippen molar-refractivity contribution in [1.82, 2.24) is 9.88 Å². The standard InChI is InChI=1S/C16H20N2O3/c1-3-14-11-21-12(2)10-18(14)16(20)15-7-6-13(9-17-15)5-4-8-19/h6-7,9,12,14,19H,3,8,10-11H2,1-2H3. The van der Waals surface area contributed by atoms with Crippen molar-refractivity contribution in [3.63, 3.8) is 0 Å². The van der Waals surface area contributed by atoms with Crippen molar-refractivity contribution >= 4 is 5.91 Å². The van der Waals surface area contributed by atoms with Crippen LogP contribution < -0.4 is 0 Å². The summed E-state index contributed by atoms with van der Waals surface area (Å²) in [6.45, 7) is 4.98. The summed E-state index contributed by atoms with van der Waals surface area (Å²) in [5, 5.41) is 8.66. The molecular weight excluding hydrogens is 268 g/mol. The molecule has 5 nitrogen and oxygen atoms in total. The van der Waals surface area contributed by atoms with Crippen molar-refractivity contribution < 1.29 is 14.6 Å². The van der Waals surface area contributed by atoms with Crippen LogP contribution in [-0.4, -0.2) is 52.8 Å². The number of pyridine rings is 1. The van der Waals surface area contributed by atoms with Crippen LogP contribution >= 0.6 is 0 Å². The predicted octanol–water partition coefficient (Wildman–Crippen LogP) is 1.06. The van der Waals surface area contributed by atoms with Crippen molar-refractivity contribution in [2.24, 2.45) is 0 Å². The summed E-state index contributed by atoms with van der Waals surface area (Å²) >= 11 is 0. The van der Waals surface area contributed by atoms with E-state index in [1.54, 1.807) is 18.3 Å². The number of aliphatic hydroxyl groups excluding tert-OH is 1. The molecule has 1 saturated heterocycles. The average molecular weight is 288 g/mol. The van der Waals surface area contributed by atoms with Crippen molar-refractivity contribution in [2.75, 3.05) is 19.8 Å². The van der Waals surface area contributed by atoms with Crippen molar-refractivity contribution in [3.05, 3.63) is 29.6 Å². The number of hydrogen-bond acceptors (Lipinski definition) is 4. The minimum absolute atomic E-state index is 0.0476. The van der Waals surface area contributed by atoms with E-state index in [9.17, 15) is 4.79 Å². The summed E-state index contributed by atoms with van der Waals surface area (Å²) in [6.07, 6.45) is 2.46. The zero-order valence-electron chi connectivity index (χ0n) is 12.4. The second-order valence-electron chi connectivity index (χ2n) is 5.06. The van der Waals surface area contributed by atoms with Gasteiger partial charge < -0.3 is 14.7 Å². The van der Waals surface area contributed by atoms with Crippen LogP contribution in [0.25, 0.3) is 0 Å². The van der Waals surface area contributed by atoms with Crippen LogP contribution in [0.5, 0.6) is 0 Å². The van der Waals surface area contributed by atoms with Gasteiger partial charge in [0.25, 0.3) is 5.91 Å². The smallest absolute Gasteiger partial charge is 0.272 e. The van der Waals surface area contributed by atoms with E-state index in [1.165, 1.54) is 0 Å². The minimum atomic E-state index is -0.190. The number of morpholine rings is 1. The summed E-state index contributed by atoms with van der Waals surface area (Å²) in [4.78, 5) is 18.6. The zero-order chi connectivity index (χ0) is 15.2. The molecule has 2 heterocycles. The van der Waals surface area contributed by atoms with Gasteiger partial charge in [-0.1, -0.05) is 18.8 Å². The number of ether oxygens (including phenoxy) is 1. The maximum absolute atomic E-state index is 12.6. The Bertz CT molecular complexity index is 545. The van der Waals surface area contributed by atoms with E-state index in [-0.39, 0.29) is 24.7 Å². The Labute approximate surface area is 124 Å². The van der Waals surface area contributed by atoms with Gasteiger partial charge in [-0.05, 0) is 25.5 Å². The third-order valence-corrected chi connectivity index (χ3v) is 3.49. The van der Waals surface area contributed by atoms with E-state index in [0.29, 0.717) is 24.4 Å². The van der Waals surface area contributed by atoms with E-state index >= 15 is 0 Å². The molecule has 1 aliphatic heterocycles. The molecule has 112 valence electrons. The van der Waals surface area contributed by atoms with E-state index in [1.807, 2.05) is 18.7 Å². The second kappa shape index (κ2) is 7.21. The summed E-state index contributed by atoms with van der Waals surface area (Å²) in [7, 11) is 0. The monoisotopic (exact) mass is 288 g/mol. The largest absolute Gasteiger partial charge is 0.384 e. The fraction of sp³-hybridized carbons (Fsp3) is 0.500.